The first-order chi connectivity index (χ1) is 9.60. The van der Waals surface area contributed by atoms with E-state index in [2.05, 4.69) is 28.2 Å². The van der Waals surface area contributed by atoms with Gasteiger partial charge in [-0.15, -0.1) is 0 Å². The summed E-state index contributed by atoms with van der Waals surface area (Å²) in [6.45, 7) is 2.80. The fourth-order valence-electron chi connectivity index (χ4n) is 1.98. The second-order valence-electron chi connectivity index (χ2n) is 4.62. The molecule has 2 aromatic carbocycles. The Morgan fingerprint density at radius 3 is 2.50 bits per heavy atom. The average molecular weight is 338 g/mol. The number of hydrogen-bond donors (Lipinski definition) is 1. The van der Waals surface area contributed by atoms with Crippen LogP contribution in [0.5, 0.6) is 5.75 Å². The van der Waals surface area contributed by atoms with E-state index in [-0.39, 0.29) is 11.9 Å². The summed E-state index contributed by atoms with van der Waals surface area (Å²) < 4.78 is 19.0. The standard InChI is InChI=1S/C16H17BrFNO/c1-11(15-8-5-13(18)9-16(15)17)19-10-12-3-6-14(20-2)7-4-12/h3-9,11,19H,10H2,1-2H3. The van der Waals surface area contributed by atoms with Gasteiger partial charge in [-0.05, 0) is 42.3 Å². The van der Waals surface area contributed by atoms with Gasteiger partial charge in [-0.3, -0.25) is 0 Å². The molecule has 0 heterocycles. The Balaban J connectivity index is 1.98. The van der Waals surface area contributed by atoms with Crippen LogP contribution in [0.2, 0.25) is 0 Å². The van der Waals surface area contributed by atoms with Gasteiger partial charge >= 0.3 is 0 Å². The first kappa shape index (κ1) is 15.0. The van der Waals surface area contributed by atoms with Gasteiger partial charge in [0.05, 0.1) is 7.11 Å². The van der Waals surface area contributed by atoms with Crippen LogP contribution in [-0.4, -0.2) is 7.11 Å². The zero-order valence-corrected chi connectivity index (χ0v) is 13.1. The number of rotatable bonds is 5. The molecule has 0 saturated heterocycles. The molecule has 2 rings (SSSR count). The molecule has 0 amide bonds. The lowest BCUT2D eigenvalue weighted by Crippen LogP contribution is -2.18. The molecule has 2 aromatic rings. The zero-order valence-electron chi connectivity index (χ0n) is 11.5. The van der Waals surface area contributed by atoms with Gasteiger partial charge in [0, 0.05) is 17.1 Å². The van der Waals surface area contributed by atoms with E-state index in [9.17, 15) is 4.39 Å². The van der Waals surface area contributed by atoms with E-state index in [4.69, 9.17) is 4.74 Å². The lowest BCUT2D eigenvalue weighted by molar-refractivity contribution is 0.414. The molecule has 0 aromatic heterocycles. The Labute approximate surface area is 127 Å². The van der Waals surface area contributed by atoms with Crippen LogP contribution >= 0.6 is 15.9 Å². The Hall–Kier alpha value is -1.39. The Kier molecular flexibility index (Phi) is 5.15. The number of nitrogens with one attached hydrogen (secondary N) is 1. The monoisotopic (exact) mass is 337 g/mol. The smallest absolute Gasteiger partial charge is 0.124 e. The van der Waals surface area contributed by atoms with Gasteiger partial charge in [-0.2, -0.15) is 0 Å². The molecular formula is C16H17BrFNO. The van der Waals surface area contributed by atoms with E-state index >= 15 is 0 Å². The van der Waals surface area contributed by atoms with Gasteiger partial charge in [0.25, 0.3) is 0 Å². The number of methoxy groups -OCH3 is 1. The summed E-state index contributed by atoms with van der Waals surface area (Å²) in [7, 11) is 1.65. The van der Waals surface area contributed by atoms with Crippen LogP contribution in [0.4, 0.5) is 4.39 Å². The predicted molar refractivity (Wildman–Crippen MR) is 82.3 cm³/mol. The Morgan fingerprint density at radius 2 is 1.90 bits per heavy atom. The van der Waals surface area contributed by atoms with Crippen molar-refractivity contribution in [2.24, 2.45) is 0 Å². The summed E-state index contributed by atoms with van der Waals surface area (Å²) in [6.07, 6.45) is 0. The van der Waals surface area contributed by atoms with Crippen molar-refractivity contribution in [1.29, 1.82) is 0 Å². The van der Waals surface area contributed by atoms with E-state index in [1.165, 1.54) is 17.7 Å². The largest absolute Gasteiger partial charge is 0.497 e. The number of hydrogen-bond acceptors (Lipinski definition) is 2. The van der Waals surface area contributed by atoms with Crippen molar-refractivity contribution < 1.29 is 9.13 Å². The SMILES string of the molecule is COc1ccc(CNC(C)c2ccc(F)cc2Br)cc1. The van der Waals surface area contributed by atoms with Crippen molar-refractivity contribution in [3.8, 4) is 5.75 Å². The summed E-state index contributed by atoms with van der Waals surface area (Å²) in [5, 5.41) is 3.42. The van der Waals surface area contributed by atoms with Gasteiger partial charge in [0.15, 0.2) is 0 Å². The molecule has 0 radical (unpaired) electrons. The van der Waals surface area contributed by atoms with Gasteiger partial charge in [0.2, 0.25) is 0 Å². The summed E-state index contributed by atoms with van der Waals surface area (Å²) in [6, 6.07) is 12.8. The van der Waals surface area contributed by atoms with Crippen molar-refractivity contribution >= 4 is 15.9 Å². The lowest BCUT2D eigenvalue weighted by Gasteiger charge is -2.16. The minimum absolute atomic E-state index is 0.132. The quantitative estimate of drug-likeness (QED) is 0.870. The second-order valence-corrected chi connectivity index (χ2v) is 5.47. The summed E-state index contributed by atoms with van der Waals surface area (Å²) in [4.78, 5) is 0. The molecule has 4 heteroatoms. The topological polar surface area (TPSA) is 21.3 Å². The predicted octanol–water partition coefficient (Wildman–Crippen LogP) is 4.45. The molecule has 0 fully saturated rings. The number of ether oxygens (including phenoxy) is 1. The number of benzene rings is 2. The zero-order chi connectivity index (χ0) is 14.5. The van der Waals surface area contributed by atoms with Crippen molar-refractivity contribution in [2.75, 3.05) is 7.11 Å². The molecule has 0 saturated carbocycles. The van der Waals surface area contributed by atoms with E-state index < -0.39 is 0 Å². The van der Waals surface area contributed by atoms with Crippen LogP contribution in [0.1, 0.15) is 24.1 Å². The molecule has 20 heavy (non-hydrogen) atoms. The highest BCUT2D eigenvalue weighted by Gasteiger charge is 2.09. The maximum absolute atomic E-state index is 13.1. The fraction of sp³-hybridized carbons (Fsp3) is 0.250. The lowest BCUT2D eigenvalue weighted by atomic mass is 10.1. The van der Waals surface area contributed by atoms with Crippen LogP contribution < -0.4 is 10.1 Å². The molecule has 1 atom stereocenters. The molecule has 1 N–H and O–H groups in total. The first-order valence-electron chi connectivity index (χ1n) is 6.41. The van der Waals surface area contributed by atoms with E-state index in [0.29, 0.717) is 0 Å². The minimum Gasteiger partial charge on any atom is -0.497 e. The fourth-order valence-corrected chi connectivity index (χ4v) is 2.67. The van der Waals surface area contributed by atoms with Gasteiger partial charge in [-0.1, -0.05) is 34.1 Å². The van der Waals surface area contributed by atoms with Crippen LogP contribution in [-0.2, 0) is 6.54 Å². The third kappa shape index (κ3) is 3.81. The highest BCUT2D eigenvalue weighted by atomic mass is 79.9. The summed E-state index contributed by atoms with van der Waals surface area (Å²) >= 11 is 3.40. The molecule has 106 valence electrons. The number of halogens is 2. The normalized spacial score (nSPS) is 12.2. The van der Waals surface area contributed by atoms with Crippen molar-refractivity contribution in [3.63, 3.8) is 0 Å². The highest BCUT2D eigenvalue weighted by molar-refractivity contribution is 9.10. The maximum Gasteiger partial charge on any atom is 0.124 e. The molecule has 2 nitrogen and oxygen atoms in total. The van der Waals surface area contributed by atoms with Crippen molar-refractivity contribution in [2.45, 2.75) is 19.5 Å². The maximum atomic E-state index is 13.1. The molecule has 0 aliphatic heterocycles. The van der Waals surface area contributed by atoms with E-state index in [1.54, 1.807) is 13.2 Å². The van der Waals surface area contributed by atoms with Gasteiger partial charge in [-0.25, -0.2) is 4.39 Å². The second kappa shape index (κ2) is 6.86. The van der Waals surface area contributed by atoms with Gasteiger partial charge < -0.3 is 10.1 Å². The molecule has 0 aliphatic rings. The van der Waals surface area contributed by atoms with E-state index in [0.717, 1.165) is 22.3 Å². The Bertz CT molecular complexity index is 571. The molecule has 0 spiro atoms. The Morgan fingerprint density at radius 1 is 1.20 bits per heavy atom. The van der Waals surface area contributed by atoms with Gasteiger partial charge in [0.1, 0.15) is 11.6 Å². The third-order valence-electron chi connectivity index (χ3n) is 3.20. The summed E-state index contributed by atoms with van der Waals surface area (Å²) in [5.41, 5.74) is 2.22. The molecule has 0 bridgehead atoms. The molecule has 1 unspecified atom stereocenters. The minimum atomic E-state index is -0.233. The first-order valence-corrected chi connectivity index (χ1v) is 7.20. The van der Waals surface area contributed by atoms with Crippen molar-refractivity contribution in [3.05, 3.63) is 63.9 Å². The van der Waals surface area contributed by atoms with Crippen LogP contribution in [0, 0.1) is 5.82 Å². The summed E-state index contributed by atoms with van der Waals surface area (Å²) in [5.74, 6) is 0.617. The highest BCUT2D eigenvalue weighted by Crippen LogP contribution is 2.24. The molecule has 0 aliphatic carbocycles. The van der Waals surface area contributed by atoms with Crippen molar-refractivity contribution in [1.82, 2.24) is 5.32 Å². The van der Waals surface area contributed by atoms with Crippen LogP contribution in [0.3, 0.4) is 0 Å². The molecular weight excluding hydrogens is 321 g/mol. The average Bonchev–Trinajstić information content (AvgIpc) is 2.45. The van der Waals surface area contributed by atoms with E-state index in [1.807, 2.05) is 24.3 Å². The van der Waals surface area contributed by atoms with Crippen LogP contribution in [0.15, 0.2) is 46.9 Å². The van der Waals surface area contributed by atoms with Crippen LogP contribution in [0.25, 0.3) is 0 Å². The third-order valence-corrected chi connectivity index (χ3v) is 3.89.